The zero-order valence-corrected chi connectivity index (χ0v) is 12.2. The molecule has 0 radical (unpaired) electrons. The van der Waals surface area contributed by atoms with Crippen molar-refractivity contribution in [2.75, 3.05) is 18.4 Å². The summed E-state index contributed by atoms with van der Waals surface area (Å²) in [5, 5.41) is 12.8. The van der Waals surface area contributed by atoms with Crippen molar-refractivity contribution in [2.24, 2.45) is 0 Å². The predicted molar refractivity (Wildman–Crippen MR) is 77.7 cm³/mol. The molecule has 5 heteroatoms. The molecule has 3 rings (SSSR count). The van der Waals surface area contributed by atoms with Gasteiger partial charge in [-0.1, -0.05) is 6.07 Å². The minimum Gasteiger partial charge on any atom is -0.478 e. The summed E-state index contributed by atoms with van der Waals surface area (Å²) in [5.41, 5.74) is 1.06. The summed E-state index contributed by atoms with van der Waals surface area (Å²) >= 11 is 3.32. The zero-order chi connectivity index (χ0) is 13.4. The van der Waals surface area contributed by atoms with E-state index in [9.17, 15) is 9.90 Å². The van der Waals surface area contributed by atoms with Crippen molar-refractivity contribution in [3.05, 3.63) is 28.2 Å². The molecule has 2 N–H and O–H groups in total. The summed E-state index contributed by atoms with van der Waals surface area (Å²) in [6, 6.07) is 6.44. The first-order chi connectivity index (χ1) is 9.16. The van der Waals surface area contributed by atoms with E-state index in [1.54, 1.807) is 6.07 Å². The summed E-state index contributed by atoms with van der Waals surface area (Å²) < 4.78 is 0.631. The number of carbonyl (C=O) groups is 1. The van der Waals surface area contributed by atoms with Crippen LogP contribution in [0, 0.1) is 0 Å². The van der Waals surface area contributed by atoms with E-state index < -0.39 is 5.97 Å². The number of hydrogen-bond donors (Lipinski definition) is 2. The Balaban J connectivity index is 1.84. The lowest BCUT2D eigenvalue weighted by Gasteiger charge is -2.23. The molecule has 0 spiro atoms. The number of benzene rings is 1. The van der Waals surface area contributed by atoms with E-state index in [1.165, 1.54) is 19.4 Å². The van der Waals surface area contributed by atoms with Crippen LogP contribution in [0.2, 0.25) is 0 Å². The number of halogens is 1. The van der Waals surface area contributed by atoms with Crippen molar-refractivity contribution in [3.8, 4) is 0 Å². The van der Waals surface area contributed by atoms with Gasteiger partial charge in [0.25, 0.3) is 0 Å². The van der Waals surface area contributed by atoms with Crippen LogP contribution in [0.25, 0.3) is 0 Å². The van der Waals surface area contributed by atoms with Crippen LogP contribution >= 0.6 is 15.9 Å². The average Bonchev–Trinajstić information content (AvgIpc) is 2.93. The number of anilines is 1. The van der Waals surface area contributed by atoms with Gasteiger partial charge in [0.2, 0.25) is 0 Å². The van der Waals surface area contributed by atoms with Gasteiger partial charge in [0.1, 0.15) is 0 Å². The third-order valence-electron chi connectivity index (χ3n) is 4.17. The minimum atomic E-state index is -0.892. The SMILES string of the molecule is O=C(O)c1c(Br)cccc1NC1CCN2CCCC12. The van der Waals surface area contributed by atoms with E-state index in [2.05, 4.69) is 26.1 Å². The maximum Gasteiger partial charge on any atom is 0.338 e. The van der Waals surface area contributed by atoms with Crippen molar-refractivity contribution in [3.63, 3.8) is 0 Å². The van der Waals surface area contributed by atoms with Crippen molar-refractivity contribution in [1.82, 2.24) is 4.90 Å². The third kappa shape index (κ3) is 2.37. The molecule has 4 nitrogen and oxygen atoms in total. The fourth-order valence-corrected chi connectivity index (χ4v) is 3.85. The van der Waals surface area contributed by atoms with Crippen molar-refractivity contribution >= 4 is 27.6 Å². The van der Waals surface area contributed by atoms with E-state index >= 15 is 0 Å². The van der Waals surface area contributed by atoms with Crippen LogP contribution in [0.3, 0.4) is 0 Å². The molecular formula is C14H17BrN2O2. The second kappa shape index (κ2) is 5.13. The zero-order valence-electron chi connectivity index (χ0n) is 10.6. The van der Waals surface area contributed by atoms with E-state index in [4.69, 9.17) is 0 Å². The Morgan fingerprint density at radius 1 is 1.37 bits per heavy atom. The Morgan fingerprint density at radius 3 is 3.00 bits per heavy atom. The number of carboxylic acid groups (broad SMARTS) is 1. The second-order valence-electron chi connectivity index (χ2n) is 5.25. The van der Waals surface area contributed by atoms with Gasteiger partial charge >= 0.3 is 5.97 Å². The van der Waals surface area contributed by atoms with Crippen LogP contribution in [-0.4, -0.2) is 41.1 Å². The molecule has 0 amide bonds. The number of rotatable bonds is 3. The summed E-state index contributed by atoms with van der Waals surface area (Å²) in [6.45, 7) is 2.31. The van der Waals surface area contributed by atoms with E-state index in [0.29, 0.717) is 22.1 Å². The molecule has 0 aliphatic carbocycles. The Labute approximate surface area is 120 Å². The molecule has 0 bridgehead atoms. The molecule has 2 atom stereocenters. The van der Waals surface area contributed by atoms with Gasteiger partial charge in [0, 0.05) is 23.1 Å². The first kappa shape index (κ1) is 12.9. The number of nitrogens with zero attached hydrogens (tertiary/aromatic N) is 1. The standard InChI is InChI=1S/C14H17BrN2O2/c15-9-3-1-4-11(13(9)14(18)19)16-10-6-8-17-7-2-5-12(10)17/h1,3-4,10,12,16H,2,5-8H2,(H,18,19). The fourth-order valence-electron chi connectivity index (χ4n) is 3.31. The second-order valence-corrected chi connectivity index (χ2v) is 6.11. The van der Waals surface area contributed by atoms with Crippen LogP contribution in [0.1, 0.15) is 29.6 Å². The van der Waals surface area contributed by atoms with Crippen molar-refractivity contribution in [1.29, 1.82) is 0 Å². The first-order valence-electron chi connectivity index (χ1n) is 6.69. The lowest BCUT2D eigenvalue weighted by molar-refractivity contribution is 0.0697. The Morgan fingerprint density at radius 2 is 2.21 bits per heavy atom. The quantitative estimate of drug-likeness (QED) is 0.897. The summed E-state index contributed by atoms with van der Waals surface area (Å²) in [5.74, 6) is -0.892. The van der Waals surface area contributed by atoms with Gasteiger partial charge in [-0.3, -0.25) is 4.90 Å². The van der Waals surface area contributed by atoms with Crippen LogP contribution < -0.4 is 5.32 Å². The van der Waals surface area contributed by atoms with Gasteiger partial charge in [-0.05, 0) is 53.9 Å². The largest absolute Gasteiger partial charge is 0.478 e. The van der Waals surface area contributed by atoms with E-state index in [0.717, 1.165) is 18.7 Å². The van der Waals surface area contributed by atoms with Crippen LogP contribution in [0.4, 0.5) is 5.69 Å². The monoisotopic (exact) mass is 324 g/mol. The summed E-state index contributed by atoms with van der Waals surface area (Å²) in [6.07, 6.45) is 3.57. The van der Waals surface area contributed by atoms with Gasteiger partial charge in [-0.25, -0.2) is 4.79 Å². The predicted octanol–water partition coefficient (Wildman–Crippen LogP) is 2.80. The molecular weight excluding hydrogens is 308 g/mol. The molecule has 2 heterocycles. The number of fused-ring (bicyclic) bond motifs is 1. The molecule has 0 aromatic heterocycles. The van der Waals surface area contributed by atoms with Crippen molar-refractivity contribution < 1.29 is 9.90 Å². The van der Waals surface area contributed by atoms with E-state index in [-0.39, 0.29) is 0 Å². The summed E-state index contributed by atoms with van der Waals surface area (Å²) in [7, 11) is 0. The molecule has 2 saturated heterocycles. The third-order valence-corrected chi connectivity index (χ3v) is 4.84. The van der Waals surface area contributed by atoms with Gasteiger partial charge < -0.3 is 10.4 Å². The highest BCUT2D eigenvalue weighted by Gasteiger charge is 2.37. The molecule has 1 aromatic carbocycles. The van der Waals surface area contributed by atoms with Gasteiger partial charge in [0.15, 0.2) is 0 Å². The number of aromatic carboxylic acids is 1. The lowest BCUT2D eigenvalue weighted by Crippen LogP contribution is -2.34. The maximum absolute atomic E-state index is 11.4. The Bertz CT molecular complexity index is 506. The normalized spacial score (nSPS) is 26.4. The van der Waals surface area contributed by atoms with Crippen LogP contribution in [0.15, 0.2) is 22.7 Å². The topological polar surface area (TPSA) is 52.6 Å². The van der Waals surface area contributed by atoms with E-state index in [1.807, 2.05) is 12.1 Å². The molecule has 2 fully saturated rings. The van der Waals surface area contributed by atoms with Crippen molar-refractivity contribution in [2.45, 2.75) is 31.3 Å². The van der Waals surface area contributed by atoms with Crippen LogP contribution in [0.5, 0.6) is 0 Å². The molecule has 2 aliphatic rings. The number of carboxylic acids is 1. The highest BCUT2D eigenvalue weighted by Crippen LogP contribution is 2.32. The molecule has 2 unspecified atom stereocenters. The smallest absolute Gasteiger partial charge is 0.338 e. The molecule has 102 valence electrons. The maximum atomic E-state index is 11.4. The summed E-state index contributed by atoms with van der Waals surface area (Å²) in [4.78, 5) is 13.9. The Hall–Kier alpha value is -1.07. The lowest BCUT2D eigenvalue weighted by atomic mass is 10.1. The molecule has 2 aliphatic heterocycles. The molecule has 0 saturated carbocycles. The van der Waals surface area contributed by atoms with Gasteiger partial charge in [0.05, 0.1) is 11.3 Å². The van der Waals surface area contributed by atoms with Gasteiger partial charge in [-0.15, -0.1) is 0 Å². The highest BCUT2D eigenvalue weighted by atomic mass is 79.9. The minimum absolute atomic E-state index is 0.332. The fraction of sp³-hybridized carbons (Fsp3) is 0.500. The molecule has 19 heavy (non-hydrogen) atoms. The van der Waals surface area contributed by atoms with Crippen LogP contribution in [-0.2, 0) is 0 Å². The highest BCUT2D eigenvalue weighted by molar-refractivity contribution is 9.10. The van der Waals surface area contributed by atoms with Gasteiger partial charge in [-0.2, -0.15) is 0 Å². The molecule has 1 aromatic rings. The average molecular weight is 325 g/mol. The first-order valence-corrected chi connectivity index (χ1v) is 7.48. The number of nitrogens with one attached hydrogen (secondary N) is 1. The number of hydrogen-bond acceptors (Lipinski definition) is 3. The Kier molecular flexibility index (Phi) is 3.50.